The van der Waals surface area contributed by atoms with E-state index in [2.05, 4.69) is 31.3 Å². The Morgan fingerprint density at radius 2 is 1.87 bits per heavy atom. The molecule has 12 heteroatoms. The highest BCUT2D eigenvalue weighted by Crippen LogP contribution is 2.23. The summed E-state index contributed by atoms with van der Waals surface area (Å²) in [7, 11) is 3.91. The molecular formula is C18H28F4N6O2. The minimum Gasteiger partial charge on any atom is -0.406 e. The number of amides is 2. The van der Waals surface area contributed by atoms with E-state index in [1.54, 1.807) is 6.92 Å². The number of benzene rings is 1. The van der Waals surface area contributed by atoms with Crippen molar-refractivity contribution < 1.29 is 27.1 Å². The number of rotatable bonds is 8. The van der Waals surface area contributed by atoms with Crippen molar-refractivity contribution in [2.24, 2.45) is 0 Å². The molecule has 4 unspecified atom stereocenters. The summed E-state index contributed by atoms with van der Waals surface area (Å²) in [6.45, 7) is 3.14. The molecule has 1 aromatic carbocycles. The molecule has 170 valence electrons. The first-order valence-corrected chi connectivity index (χ1v) is 9.51. The van der Waals surface area contributed by atoms with Gasteiger partial charge in [-0.25, -0.2) is 9.18 Å². The van der Waals surface area contributed by atoms with Crippen LogP contribution in [0.3, 0.4) is 0 Å². The van der Waals surface area contributed by atoms with Crippen molar-refractivity contribution in [3.63, 3.8) is 0 Å². The number of carbonyl (C=O) groups excluding carboxylic acids is 1. The number of carbonyl (C=O) groups is 1. The van der Waals surface area contributed by atoms with Crippen LogP contribution in [0, 0.1) is 0 Å². The second kappa shape index (κ2) is 10.8. The van der Waals surface area contributed by atoms with E-state index in [1.165, 1.54) is 12.1 Å². The van der Waals surface area contributed by atoms with Gasteiger partial charge >= 0.3 is 12.4 Å². The first-order valence-electron chi connectivity index (χ1n) is 9.51. The van der Waals surface area contributed by atoms with Crippen LogP contribution in [-0.4, -0.2) is 69.1 Å². The Labute approximate surface area is 172 Å². The van der Waals surface area contributed by atoms with E-state index in [0.717, 1.165) is 25.1 Å². The molecule has 1 saturated heterocycles. The molecule has 1 aliphatic heterocycles. The van der Waals surface area contributed by atoms with Crippen molar-refractivity contribution in [3.05, 3.63) is 24.3 Å². The van der Waals surface area contributed by atoms with E-state index in [1.807, 2.05) is 19.0 Å². The third-order valence-electron chi connectivity index (χ3n) is 4.34. The van der Waals surface area contributed by atoms with Gasteiger partial charge in [0.05, 0.1) is 6.17 Å². The van der Waals surface area contributed by atoms with Gasteiger partial charge in [0.25, 0.3) is 0 Å². The van der Waals surface area contributed by atoms with Crippen LogP contribution in [-0.2, 0) is 0 Å². The molecule has 2 rings (SSSR count). The van der Waals surface area contributed by atoms with Crippen LogP contribution in [0.5, 0.6) is 5.75 Å². The Hall–Kier alpha value is -2.15. The SMILES string of the molecule is CC1NC(NC(=O)Nc2ccc(OC(F)(F)F)cc2)NC(NCCCN(C)C)C1F. The maximum Gasteiger partial charge on any atom is 0.573 e. The molecule has 0 saturated carbocycles. The number of halogens is 4. The average molecular weight is 436 g/mol. The van der Waals surface area contributed by atoms with E-state index >= 15 is 0 Å². The molecule has 0 aliphatic carbocycles. The Bertz CT molecular complexity index is 674. The number of hydrogen-bond acceptors (Lipinski definition) is 6. The smallest absolute Gasteiger partial charge is 0.406 e. The predicted molar refractivity (Wildman–Crippen MR) is 105 cm³/mol. The lowest BCUT2D eigenvalue weighted by atomic mass is 10.1. The number of hydrogen-bond donors (Lipinski definition) is 5. The van der Waals surface area contributed by atoms with E-state index in [9.17, 15) is 22.4 Å². The van der Waals surface area contributed by atoms with Gasteiger partial charge in [-0.15, -0.1) is 13.2 Å². The first-order chi connectivity index (χ1) is 14.0. The number of nitrogens with one attached hydrogen (secondary N) is 5. The molecule has 1 fully saturated rings. The van der Waals surface area contributed by atoms with Crippen molar-refractivity contribution in [1.29, 1.82) is 0 Å². The zero-order valence-corrected chi connectivity index (χ0v) is 17.0. The largest absolute Gasteiger partial charge is 0.573 e. The van der Waals surface area contributed by atoms with Gasteiger partial charge in [-0.05, 0) is 64.8 Å². The zero-order chi connectivity index (χ0) is 22.3. The van der Waals surface area contributed by atoms with Gasteiger partial charge in [-0.3, -0.25) is 16.0 Å². The number of nitrogens with zero attached hydrogens (tertiary/aromatic N) is 1. The molecule has 8 nitrogen and oxygen atoms in total. The minimum atomic E-state index is -4.79. The molecule has 1 aromatic rings. The van der Waals surface area contributed by atoms with Crippen molar-refractivity contribution >= 4 is 11.7 Å². The molecule has 30 heavy (non-hydrogen) atoms. The van der Waals surface area contributed by atoms with Gasteiger partial charge in [0, 0.05) is 11.7 Å². The summed E-state index contributed by atoms with van der Waals surface area (Å²) in [6.07, 6.45) is -6.50. The second-order valence-electron chi connectivity index (χ2n) is 7.26. The average Bonchev–Trinajstić information content (AvgIpc) is 2.62. The van der Waals surface area contributed by atoms with Gasteiger partial charge in [-0.2, -0.15) is 0 Å². The number of ether oxygens (including phenoxy) is 1. The summed E-state index contributed by atoms with van der Waals surface area (Å²) < 4.78 is 54.8. The third-order valence-corrected chi connectivity index (χ3v) is 4.34. The highest BCUT2D eigenvalue weighted by atomic mass is 19.4. The summed E-state index contributed by atoms with van der Waals surface area (Å²) in [5.74, 6) is -0.393. The molecule has 0 aromatic heterocycles. The topological polar surface area (TPSA) is 89.7 Å². The third kappa shape index (κ3) is 8.30. The van der Waals surface area contributed by atoms with E-state index in [4.69, 9.17) is 0 Å². The monoisotopic (exact) mass is 436 g/mol. The summed E-state index contributed by atoms with van der Waals surface area (Å²) in [5, 5.41) is 14.1. The first kappa shape index (κ1) is 24.1. The standard InChI is InChI=1S/C18H28F4N6O2/c1-11-14(19)15(23-9-4-10-28(2)3)26-16(24-11)27-17(29)25-12-5-7-13(8-6-12)30-18(20,21)22/h5-8,11,14-16,23-24,26H,4,9-10H2,1-3H3,(H2,25,27,29). The summed E-state index contributed by atoms with van der Waals surface area (Å²) in [5.41, 5.74) is 0.271. The quantitative estimate of drug-likeness (QED) is 0.315. The van der Waals surface area contributed by atoms with Crippen LogP contribution >= 0.6 is 0 Å². The lowest BCUT2D eigenvalue weighted by Gasteiger charge is -2.39. The van der Waals surface area contributed by atoms with Gasteiger partial charge in [-0.1, -0.05) is 0 Å². The van der Waals surface area contributed by atoms with Crippen LogP contribution in [0.1, 0.15) is 13.3 Å². The molecule has 0 radical (unpaired) electrons. The van der Waals surface area contributed by atoms with Gasteiger partial charge in [0.15, 0.2) is 0 Å². The predicted octanol–water partition coefficient (Wildman–Crippen LogP) is 1.78. The summed E-state index contributed by atoms with van der Waals surface area (Å²) in [4.78, 5) is 14.2. The van der Waals surface area contributed by atoms with E-state index in [-0.39, 0.29) is 5.69 Å². The van der Waals surface area contributed by atoms with Crippen LogP contribution in [0.2, 0.25) is 0 Å². The van der Waals surface area contributed by atoms with Crippen molar-refractivity contribution in [2.45, 2.75) is 44.4 Å². The Morgan fingerprint density at radius 3 is 2.47 bits per heavy atom. The fourth-order valence-electron chi connectivity index (χ4n) is 2.91. The molecule has 5 N–H and O–H groups in total. The lowest BCUT2D eigenvalue weighted by Crippen LogP contribution is -2.72. The van der Waals surface area contributed by atoms with Crippen LogP contribution in [0.4, 0.5) is 28.0 Å². The molecule has 1 aliphatic rings. The summed E-state index contributed by atoms with van der Waals surface area (Å²) in [6, 6.07) is 3.60. The van der Waals surface area contributed by atoms with Gasteiger partial charge in [0.1, 0.15) is 18.2 Å². The highest BCUT2D eigenvalue weighted by molar-refractivity contribution is 5.89. The van der Waals surface area contributed by atoms with Gasteiger partial charge < -0.3 is 20.3 Å². The van der Waals surface area contributed by atoms with E-state index < -0.39 is 42.8 Å². The summed E-state index contributed by atoms with van der Waals surface area (Å²) >= 11 is 0. The number of anilines is 1. The van der Waals surface area contributed by atoms with Crippen LogP contribution in [0.25, 0.3) is 0 Å². The molecule has 2 amide bonds. The zero-order valence-electron chi connectivity index (χ0n) is 17.0. The fourth-order valence-corrected chi connectivity index (χ4v) is 2.91. The Kier molecular flexibility index (Phi) is 8.65. The van der Waals surface area contributed by atoms with E-state index in [0.29, 0.717) is 6.54 Å². The minimum absolute atomic E-state index is 0.271. The van der Waals surface area contributed by atoms with Gasteiger partial charge in [0.2, 0.25) is 0 Å². The van der Waals surface area contributed by atoms with Crippen LogP contribution < -0.4 is 31.3 Å². The lowest BCUT2D eigenvalue weighted by molar-refractivity contribution is -0.274. The van der Waals surface area contributed by atoms with Crippen LogP contribution in [0.15, 0.2) is 24.3 Å². The molecule has 1 heterocycles. The molecular weight excluding hydrogens is 408 g/mol. The highest BCUT2D eigenvalue weighted by Gasteiger charge is 2.35. The molecule has 4 atom stereocenters. The maximum atomic E-state index is 14.4. The maximum absolute atomic E-state index is 14.4. The molecule has 0 bridgehead atoms. The molecule has 0 spiro atoms. The normalized spacial score (nSPS) is 24.5. The number of urea groups is 1. The second-order valence-corrected chi connectivity index (χ2v) is 7.26. The van der Waals surface area contributed by atoms with Crippen molar-refractivity contribution in [2.75, 3.05) is 32.5 Å². The Balaban J connectivity index is 1.83. The van der Waals surface area contributed by atoms with Crippen molar-refractivity contribution in [3.8, 4) is 5.75 Å². The fraction of sp³-hybridized carbons (Fsp3) is 0.611. The Morgan fingerprint density at radius 1 is 1.20 bits per heavy atom. The van der Waals surface area contributed by atoms with Crippen molar-refractivity contribution in [1.82, 2.24) is 26.2 Å². The number of alkyl halides is 4.